The van der Waals surface area contributed by atoms with Crippen LogP contribution >= 0.6 is 15.9 Å². The van der Waals surface area contributed by atoms with Gasteiger partial charge in [-0.2, -0.15) is 0 Å². The van der Waals surface area contributed by atoms with E-state index in [-0.39, 0.29) is 5.78 Å². The van der Waals surface area contributed by atoms with Gasteiger partial charge in [-0.3, -0.25) is 4.79 Å². The second-order valence-electron chi connectivity index (χ2n) is 4.70. The predicted octanol–water partition coefficient (Wildman–Crippen LogP) is 4.80. The van der Waals surface area contributed by atoms with Crippen molar-refractivity contribution in [3.8, 4) is 5.75 Å². The molecule has 0 aliphatic carbocycles. The smallest absolute Gasteiger partial charge is 0.163 e. The number of halogens is 1. The molecule has 0 saturated carbocycles. The Bertz CT molecular complexity index is 559. The molecule has 2 nitrogen and oxygen atoms in total. The summed E-state index contributed by atoms with van der Waals surface area (Å²) in [5, 5.41) is 0. The van der Waals surface area contributed by atoms with E-state index in [9.17, 15) is 4.79 Å². The molecule has 3 heteroatoms. The van der Waals surface area contributed by atoms with Crippen LogP contribution < -0.4 is 4.74 Å². The van der Waals surface area contributed by atoms with E-state index in [1.54, 1.807) is 0 Å². The third-order valence-corrected chi connectivity index (χ3v) is 3.53. The van der Waals surface area contributed by atoms with Crippen molar-refractivity contribution in [3.05, 3.63) is 64.1 Å². The molecular formula is C17H17BrO2. The van der Waals surface area contributed by atoms with Gasteiger partial charge in [0, 0.05) is 16.5 Å². The lowest BCUT2D eigenvalue weighted by Gasteiger charge is -2.06. The SMILES string of the molecule is Cc1ccc(OCCCC(=O)c2ccc(Br)cc2)cc1. The summed E-state index contributed by atoms with van der Waals surface area (Å²) in [7, 11) is 0. The lowest BCUT2D eigenvalue weighted by Crippen LogP contribution is -2.03. The normalized spacial score (nSPS) is 10.3. The Labute approximate surface area is 127 Å². The van der Waals surface area contributed by atoms with Crippen LogP contribution in [0.5, 0.6) is 5.75 Å². The van der Waals surface area contributed by atoms with Gasteiger partial charge in [-0.15, -0.1) is 0 Å². The monoisotopic (exact) mass is 332 g/mol. The van der Waals surface area contributed by atoms with Crippen LogP contribution in [-0.4, -0.2) is 12.4 Å². The molecule has 2 aromatic rings. The fourth-order valence-corrected chi connectivity index (χ4v) is 2.10. The highest BCUT2D eigenvalue weighted by atomic mass is 79.9. The van der Waals surface area contributed by atoms with Crippen LogP contribution in [0.15, 0.2) is 53.0 Å². The first kappa shape index (κ1) is 14.8. The predicted molar refractivity (Wildman–Crippen MR) is 84.4 cm³/mol. The molecule has 0 amide bonds. The first-order chi connectivity index (χ1) is 9.65. The molecule has 0 bridgehead atoms. The average molecular weight is 333 g/mol. The molecule has 0 radical (unpaired) electrons. The van der Waals surface area contributed by atoms with E-state index in [0.717, 1.165) is 22.2 Å². The third-order valence-electron chi connectivity index (χ3n) is 3.00. The molecule has 0 fully saturated rings. The molecule has 0 unspecified atom stereocenters. The molecule has 0 aromatic heterocycles. The van der Waals surface area contributed by atoms with Crippen LogP contribution in [0.2, 0.25) is 0 Å². The van der Waals surface area contributed by atoms with Crippen LogP contribution in [0.4, 0.5) is 0 Å². The number of Topliss-reactive ketones (excluding diaryl/α,β-unsaturated/α-hetero) is 1. The maximum Gasteiger partial charge on any atom is 0.163 e. The van der Waals surface area contributed by atoms with Crippen molar-refractivity contribution in [1.29, 1.82) is 0 Å². The van der Waals surface area contributed by atoms with E-state index in [4.69, 9.17) is 4.74 Å². The number of ketones is 1. The number of carbonyl (C=O) groups is 1. The summed E-state index contributed by atoms with van der Waals surface area (Å²) in [6.45, 7) is 2.60. The Morgan fingerprint density at radius 2 is 1.70 bits per heavy atom. The second kappa shape index (κ2) is 7.25. The Kier molecular flexibility index (Phi) is 5.36. The molecule has 2 aromatic carbocycles. The Morgan fingerprint density at radius 3 is 2.35 bits per heavy atom. The van der Waals surface area contributed by atoms with Crippen LogP contribution in [0.1, 0.15) is 28.8 Å². The largest absolute Gasteiger partial charge is 0.494 e. The van der Waals surface area contributed by atoms with Gasteiger partial charge in [0.2, 0.25) is 0 Å². The molecule has 0 heterocycles. The molecule has 104 valence electrons. The van der Waals surface area contributed by atoms with Crippen molar-refractivity contribution in [3.63, 3.8) is 0 Å². The number of ether oxygens (including phenoxy) is 1. The molecular weight excluding hydrogens is 316 g/mol. The zero-order chi connectivity index (χ0) is 14.4. The van der Waals surface area contributed by atoms with Crippen molar-refractivity contribution >= 4 is 21.7 Å². The van der Waals surface area contributed by atoms with Crippen LogP contribution in [0.25, 0.3) is 0 Å². The van der Waals surface area contributed by atoms with Crippen molar-refractivity contribution in [1.82, 2.24) is 0 Å². The molecule has 0 saturated heterocycles. The van der Waals surface area contributed by atoms with Gasteiger partial charge in [0.15, 0.2) is 5.78 Å². The summed E-state index contributed by atoms with van der Waals surface area (Å²) in [6, 6.07) is 15.4. The van der Waals surface area contributed by atoms with Crippen molar-refractivity contribution < 1.29 is 9.53 Å². The first-order valence-electron chi connectivity index (χ1n) is 6.63. The van der Waals surface area contributed by atoms with Crippen LogP contribution in [-0.2, 0) is 0 Å². The van der Waals surface area contributed by atoms with E-state index in [1.807, 2.05) is 55.5 Å². The highest BCUT2D eigenvalue weighted by Crippen LogP contribution is 2.14. The maximum absolute atomic E-state index is 11.9. The van der Waals surface area contributed by atoms with Crippen molar-refractivity contribution in [2.24, 2.45) is 0 Å². The number of rotatable bonds is 6. The molecule has 0 aliphatic heterocycles. The van der Waals surface area contributed by atoms with E-state index < -0.39 is 0 Å². The fraction of sp³-hybridized carbons (Fsp3) is 0.235. The number of hydrogen-bond acceptors (Lipinski definition) is 2. The zero-order valence-corrected chi connectivity index (χ0v) is 13.0. The van der Waals surface area contributed by atoms with E-state index in [0.29, 0.717) is 13.0 Å². The maximum atomic E-state index is 11.9. The fourth-order valence-electron chi connectivity index (χ4n) is 1.84. The van der Waals surface area contributed by atoms with Crippen molar-refractivity contribution in [2.45, 2.75) is 19.8 Å². The molecule has 0 aliphatic rings. The van der Waals surface area contributed by atoms with Gasteiger partial charge in [-0.05, 0) is 37.6 Å². The highest BCUT2D eigenvalue weighted by molar-refractivity contribution is 9.10. The first-order valence-corrected chi connectivity index (χ1v) is 7.43. The van der Waals surface area contributed by atoms with Crippen LogP contribution in [0, 0.1) is 6.92 Å². The van der Waals surface area contributed by atoms with Gasteiger partial charge in [-0.1, -0.05) is 45.8 Å². The van der Waals surface area contributed by atoms with Gasteiger partial charge < -0.3 is 4.74 Å². The molecule has 0 N–H and O–H groups in total. The number of hydrogen-bond donors (Lipinski definition) is 0. The van der Waals surface area contributed by atoms with Crippen molar-refractivity contribution in [2.75, 3.05) is 6.61 Å². The molecule has 0 atom stereocenters. The lowest BCUT2D eigenvalue weighted by molar-refractivity contribution is 0.0973. The van der Waals surface area contributed by atoms with E-state index in [2.05, 4.69) is 15.9 Å². The Hall–Kier alpha value is -1.61. The van der Waals surface area contributed by atoms with Gasteiger partial charge >= 0.3 is 0 Å². The third kappa shape index (κ3) is 4.49. The molecule has 0 spiro atoms. The second-order valence-corrected chi connectivity index (χ2v) is 5.61. The number of carbonyl (C=O) groups excluding carboxylic acids is 1. The summed E-state index contributed by atoms with van der Waals surface area (Å²) in [5.41, 5.74) is 1.96. The summed E-state index contributed by atoms with van der Waals surface area (Å²) in [4.78, 5) is 11.9. The molecule has 2 rings (SSSR count). The topological polar surface area (TPSA) is 26.3 Å². The number of benzene rings is 2. The average Bonchev–Trinajstić information content (AvgIpc) is 2.46. The Balaban J connectivity index is 1.74. The number of aryl methyl sites for hydroxylation is 1. The van der Waals surface area contributed by atoms with E-state index in [1.165, 1.54) is 5.56 Å². The van der Waals surface area contributed by atoms with Crippen LogP contribution in [0.3, 0.4) is 0 Å². The summed E-state index contributed by atoms with van der Waals surface area (Å²) < 4.78 is 6.59. The quantitative estimate of drug-likeness (QED) is 0.561. The molecule has 20 heavy (non-hydrogen) atoms. The minimum absolute atomic E-state index is 0.157. The van der Waals surface area contributed by atoms with Gasteiger partial charge in [0.25, 0.3) is 0 Å². The standard InChI is InChI=1S/C17H17BrO2/c1-13-4-10-16(11-5-13)20-12-2-3-17(19)14-6-8-15(18)9-7-14/h4-11H,2-3,12H2,1H3. The van der Waals surface area contributed by atoms with Gasteiger partial charge in [0.1, 0.15) is 5.75 Å². The minimum atomic E-state index is 0.157. The van der Waals surface area contributed by atoms with Gasteiger partial charge in [-0.25, -0.2) is 0 Å². The minimum Gasteiger partial charge on any atom is -0.494 e. The lowest BCUT2D eigenvalue weighted by atomic mass is 10.1. The highest BCUT2D eigenvalue weighted by Gasteiger charge is 2.05. The zero-order valence-electron chi connectivity index (χ0n) is 11.4. The summed E-state index contributed by atoms with van der Waals surface area (Å²) in [5.74, 6) is 1.01. The Morgan fingerprint density at radius 1 is 1.05 bits per heavy atom. The van der Waals surface area contributed by atoms with E-state index >= 15 is 0 Å². The summed E-state index contributed by atoms with van der Waals surface area (Å²) in [6.07, 6.45) is 1.23. The summed E-state index contributed by atoms with van der Waals surface area (Å²) >= 11 is 3.36. The van der Waals surface area contributed by atoms with Gasteiger partial charge in [0.05, 0.1) is 6.61 Å².